The first kappa shape index (κ1) is 18.3. The molecule has 0 aromatic heterocycles. The Hall–Kier alpha value is -0.710. The van der Waals surface area contributed by atoms with Crippen LogP contribution in [0.15, 0.2) is 29.2 Å². The average Bonchev–Trinajstić information content (AvgIpc) is 2.43. The molecule has 0 aliphatic carbocycles. The molecule has 0 bridgehead atoms. The highest BCUT2D eigenvalue weighted by Crippen LogP contribution is 2.28. The van der Waals surface area contributed by atoms with Gasteiger partial charge in [0.25, 0.3) is 0 Å². The van der Waals surface area contributed by atoms with E-state index in [0.29, 0.717) is 12.8 Å². The SMILES string of the molecule is CCC(CCCSc1ccccc1Cl)(NC(C)C)C(=O)O. The number of halogens is 1. The van der Waals surface area contributed by atoms with E-state index in [-0.39, 0.29) is 6.04 Å². The second kappa shape index (κ2) is 8.66. The molecule has 0 saturated heterocycles. The average molecular weight is 330 g/mol. The van der Waals surface area contributed by atoms with Crippen molar-refractivity contribution < 1.29 is 9.90 Å². The Morgan fingerprint density at radius 1 is 1.43 bits per heavy atom. The van der Waals surface area contributed by atoms with Crippen molar-refractivity contribution in [3.63, 3.8) is 0 Å². The van der Waals surface area contributed by atoms with Crippen molar-refractivity contribution in [3.05, 3.63) is 29.3 Å². The predicted molar refractivity (Wildman–Crippen MR) is 90.3 cm³/mol. The quantitative estimate of drug-likeness (QED) is 0.519. The fourth-order valence-corrected chi connectivity index (χ4v) is 3.53. The number of hydrogen-bond donors (Lipinski definition) is 2. The summed E-state index contributed by atoms with van der Waals surface area (Å²) in [5.74, 6) is 0.0971. The smallest absolute Gasteiger partial charge is 0.323 e. The van der Waals surface area contributed by atoms with Crippen LogP contribution in [0.25, 0.3) is 0 Å². The molecule has 0 radical (unpaired) electrons. The van der Waals surface area contributed by atoms with E-state index in [1.807, 2.05) is 45.0 Å². The fraction of sp³-hybridized carbons (Fsp3) is 0.562. The lowest BCUT2D eigenvalue weighted by atomic mass is 9.90. The molecule has 21 heavy (non-hydrogen) atoms. The Balaban J connectivity index is 2.54. The van der Waals surface area contributed by atoms with Crippen LogP contribution in [0.3, 0.4) is 0 Å². The molecule has 5 heteroatoms. The molecule has 1 aromatic rings. The first-order valence-corrected chi connectivity index (χ1v) is 8.66. The third-order valence-corrected chi connectivity index (χ3v) is 5.02. The number of hydrogen-bond acceptors (Lipinski definition) is 3. The van der Waals surface area contributed by atoms with E-state index >= 15 is 0 Å². The van der Waals surface area contributed by atoms with Crippen LogP contribution < -0.4 is 5.32 Å². The largest absolute Gasteiger partial charge is 0.480 e. The molecule has 1 rings (SSSR count). The number of carbonyl (C=O) groups is 1. The first-order valence-electron chi connectivity index (χ1n) is 7.29. The van der Waals surface area contributed by atoms with Gasteiger partial charge in [-0.1, -0.05) is 30.7 Å². The molecule has 118 valence electrons. The van der Waals surface area contributed by atoms with E-state index in [1.165, 1.54) is 0 Å². The summed E-state index contributed by atoms with van der Waals surface area (Å²) in [6, 6.07) is 7.88. The van der Waals surface area contributed by atoms with Crippen molar-refractivity contribution >= 4 is 29.3 Å². The number of benzene rings is 1. The molecule has 0 aliphatic rings. The molecule has 3 nitrogen and oxygen atoms in total. The summed E-state index contributed by atoms with van der Waals surface area (Å²) in [4.78, 5) is 12.7. The van der Waals surface area contributed by atoms with Gasteiger partial charge in [0.15, 0.2) is 0 Å². The second-order valence-corrected chi connectivity index (χ2v) is 6.97. The van der Waals surface area contributed by atoms with Crippen LogP contribution >= 0.6 is 23.4 Å². The molecule has 1 atom stereocenters. The molecular formula is C16H24ClNO2S. The van der Waals surface area contributed by atoms with Gasteiger partial charge in [-0.05, 0) is 51.0 Å². The lowest BCUT2D eigenvalue weighted by molar-refractivity contribution is -0.145. The number of aliphatic carboxylic acids is 1. The zero-order valence-corrected chi connectivity index (χ0v) is 14.4. The van der Waals surface area contributed by atoms with Gasteiger partial charge < -0.3 is 5.11 Å². The van der Waals surface area contributed by atoms with Gasteiger partial charge >= 0.3 is 5.97 Å². The van der Waals surface area contributed by atoms with Gasteiger partial charge in [-0.3, -0.25) is 10.1 Å². The highest BCUT2D eigenvalue weighted by molar-refractivity contribution is 7.99. The Bertz CT molecular complexity index is 467. The minimum absolute atomic E-state index is 0.150. The van der Waals surface area contributed by atoms with Crippen LogP contribution in [0.1, 0.15) is 40.0 Å². The van der Waals surface area contributed by atoms with Gasteiger partial charge in [-0.2, -0.15) is 0 Å². The Labute approximate surface area is 136 Å². The second-order valence-electron chi connectivity index (χ2n) is 5.42. The first-order chi connectivity index (χ1) is 9.91. The van der Waals surface area contributed by atoms with Crippen LogP contribution in [-0.2, 0) is 4.79 Å². The molecule has 0 heterocycles. The number of thioether (sulfide) groups is 1. The van der Waals surface area contributed by atoms with Crippen LogP contribution in [0.2, 0.25) is 5.02 Å². The third-order valence-electron chi connectivity index (χ3n) is 3.42. The number of nitrogens with one attached hydrogen (secondary N) is 1. The zero-order valence-electron chi connectivity index (χ0n) is 12.9. The van der Waals surface area contributed by atoms with Gasteiger partial charge in [0, 0.05) is 10.9 Å². The van der Waals surface area contributed by atoms with Crippen LogP contribution in [0.4, 0.5) is 0 Å². The van der Waals surface area contributed by atoms with Crippen LogP contribution in [0, 0.1) is 0 Å². The minimum atomic E-state index is -0.824. The summed E-state index contributed by atoms with van der Waals surface area (Å²) in [6.07, 6.45) is 2.03. The summed E-state index contributed by atoms with van der Waals surface area (Å²) in [6.45, 7) is 5.88. The summed E-state index contributed by atoms with van der Waals surface area (Å²) in [5.41, 5.74) is -0.824. The number of rotatable bonds is 9. The minimum Gasteiger partial charge on any atom is -0.480 e. The van der Waals surface area contributed by atoms with Crippen molar-refractivity contribution in [1.29, 1.82) is 0 Å². The molecule has 1 unspecified atom stereocenters. The summed E-state index contributed by atoms with van der Waals surface area (Å²) >= 11 is 7.79. The van der Waals surface area contributed by atoms with Gasteiger partial charge in [-0.25, -0.2) is 0 Å². The molecule has 0 saturated carbocycles. The maximum absolute atomic E-state index is 11.6. The van der Waals surface area contributed by atoms with Crippen LogP contribution in [-0.4, -0.2) is 28.4 Å². The lowest BCUT2D eigenvalue weighted by Gasteiger charge is -2.31. The monoisotopic (exact) mass is 329 g/mol. The maximum Gasteiger partial charge on any atom is 0.323 e. The molecule has 0 spiro atoms. The predicted octanol–water partition coefficient (Wildman–Crippen LogP) is 4.44. The standard InChI is InChI=1S/C16H24ClNO2S/c1-4-16(15(19)20,18-12(2)3)10-7-11-21-14-9-6-5-8-13(14)17/h5-6,8-9,12,18H,4,7,10-11H2,1-3H3,(H,19,20). The van der Waals surface area contributed by atoms with E-state index in [0.717, 1.165) is 22.1 Å². The highest BCUT2D eigenvalue weighted by atomic mass is 35.5. The molecule has 1 aromatic carbocycles. The molecule has 0 fully saturated rings. The van der Waals surface area contributed by atoms with Crippen molar-refractivity contribution in [3.8, 4) is 0 Å². The maximum atomic E-state index is 11.6. The van der Waals surface area contributed by atoms with Crippen molar-refractivity contribution in [2.45, 2.75) is 56.5 Å². The van der Waals surface area contributed by atoms with E-state index in [4.69, 9.17) is 11.6 Å². The molecule has 0 amide bonds. The molecule has 0 aliphatic heterocycles. The van der Waals surface area contributed by atoms with E-state index in [2.05, 4.69) is 5.32 Å². The third kappa shape index (κ3) is 5.53. The highest BCUT2D eigenvalue weighted by Gasteiger charge is 2.36. The summed E-state index contributed by atoms with van der Waals surface area (Å²) in [5, 5.41) is 13.5. The molecule has 2 N–H and O–H groups in total. The summed E-state index contributed by atoms with van der Waals surface area (Å²) < 4.78 is 0. The topological polar surface area (TPSA) is 49.3 Å². The van der Waals surface area contributed by atoms with Crippen molar-refractivity contribution in [2.24, 2.45) is 0 Å². The van der Waals surface area contributed by atoms with E-state index in [1.54, 1.807) is 11.8 Å². The number of carboxylic acids is 1. The Morgan fingerprint density at radius 2 is 2.10 bits per heavy atom. The summed E-state index contributed by atoms with van der Waals surface area (Å²) in [7, 11) is 0. The normalized spacial score (nSPS) is 14.1. The van der Waals surface area contributed by atoms with Gasteiger partial charge in [0.1, 0.15) is 5.54 Å². The van der Waals surface area contributed by atoms with E-state index in [9.17, 15) is 9.90 Å². The van der Waals surface area contributed by atoms with Crippen LogP contribution in [0.5, 0.6) is 0 Å². The van der Waals surface area contributed by atoms with Gasteiger partial charge in [-0.15, -0.1) is 11.8 Å². The molecular weight excluding hydrogens is 306 g/mol. The van der Waals surface area contributed by atoms with Gasteiger partial charge in [0.2, 0.25) is 0 Å². The zero-order chi connectivity index (χ0) is 15.9. The number of carboxylic acid groups (broad SMARTS) is 1. The van der Waals surface area contributed by atoms with Crippen molar-refractivity contribution in [1.82, 2.24) is 5.32 Å². The lowest BCUT2D eigenvalue weighted by Crippen LogP contribution is -2.54. The Morgan fingerprint density at radius 3 is 2.62 bits per heavy atom. The Kier molecular flexibility index (Phi) is 7.57. The van der Waals surface area contributed by atoms with Gasteiger partial charge in [0.05, 0.1) is 5.02 Å². The van der Waals surface area contributed by atoms with E-state index < -0.39 is 11.5 Å². The van der Waals surface area contributed by atoms with Crippen molar-refractivity contribution in [2.75, 3.05) is 5.75 Å². The fourth-order valence-electron chi connectivity index (χ4n) is 2.34.